The molecular formula is C18H20N6O2. The van der Waals surface area contributed by atoms with Crippen LogP contribution in [0.2, 0.25) is 0 Å². The molecule has 8 nitrogen and oxygen atoms in total. The molecule has 0 saturated carbocycles. The Balaban J connectivity index is 1.70. The van der Waals surface area contributed by atoms with Crippen LogP contribution in [0.25, 0.3) is 0 Å². The first-order valence-electron chi connectivity index (χ1n) is 8.08. The standard InChI is InChI=1S/C18H20N6O2/c1-11-2-3-13(9-20-11)10-22-18-15(16(19)26)17(23-24-18)21-8-12-4-6-14(25)7-5-12/h2-7,9,25H,8,10H2,1H3,(H2,19,26)(H3,21,22,23,24). The predicted molar refractivity (Wildman–Crippen MR) is 98.8 cm³/mol. The Labute approximate surface area is 150 Å². The number of rotatable bonds is 7. The third-order valence-corrected chi connectivity index (χ3v) is 3.85. The van der Waals surface area contributed by atoms with Crippen LogP contribution in [-0.2, 0) is 13.1 Å². The van der Waals surface area contributed by atoms with Crippen molar-refractivity contribution in [1.29, 1.82) is 0 Å². The topological polar surface area (TPSA) is 129 Å². The summed E-state index contributed by atoms with van der Waals surface area (Å²) in [6, 6.07) is 10.6. The Morgan fingerprint density at radius 3 is 2.46 bits per heavy atom. The number of hydrogen-bond acceptors (Lipinski definition) is 6. The second kappa shape index (κ2) is 7.56. The summed E-state index contributed by atoms with van der Waals surface area (Å²) in [4.78, 5) is 16.1. The summed E-state index contributed by atoms with van der Waals surface area (Å²) in [6.07, 6.45) is 1.77. The maximum atomic E-state index is 11.9. The SMILES string of the molecule is Cc1ccc(CNc2n[nH]c(NCc3ccc(O)cc3)c2C(N)=O)cn1. The van der Waals surface area contributed by atoms with E-state index in [1.807, 2.05) is 19.1 Å². The molecular weight excluding hydrogens is 332 g/mol. The number of aromatic amines is 1. The Hall–Kier alpha value is -3.55. The van der Waals surface area contributed by atoms with E-state index in [4.69, 9.17) is 5.73 Å². The number of benzene rings is 1. The summed E-state index contributed by atoms with van der Waals surface area (Å²) in [6.45, 7) is 2.84. The lowest BCUT2D eigenvalue weighted by molar-refractivity contribution is 0.100. The zero-order valence-electron chi connectivity index (χ0n) is 14.3. The molecule has 8 heteroatoms. The number of aromatic hydroxyl groups is 1. The molecule has 3 rings (SSSR count). The molecule has 0 bridgehead atoms. The molecule has 1 amide bonds. The minimum absolute atomic E-state index is 0.199. The predicted octanol–water partition coefficient (Wildman–Crippen LogP) is 2.14. The van der Waals surface area contributed by atoms with Crippen LogP contribution >= 0.6 is 0 Å². The van der Waals surface area contributed by atoms with Gasteiger partial charge < -0.3 is 21.5 Å². The average molecular weight is 352 g/mol. The molecule has 3 aromatic rings. The monoisotopic (exact) mass is 352 g/mol. The summed E-state index contributed by atoms with van der Waals surface area (Å²) in [5, 5.41) is 22.5. The molecule has 0 unspecified atom stereocenters. The highest BCUT2D eigenvalue weighted by Crippen LogP contribution is 2.22. The molecule has 0 radical (unpaired) electrons. The number of anilines is 2. The zero-order chi connectivity index (χ0) is 18.5. The van der Waals surface area contributed by atoms with Crippen LogP contribution < -0.4 is 16.4 Å². The van der Waals surface area contributed by atoms with Crippen molar-refractivity contribution in [3.63, 3.8) is 0 Å². The van der Waals surface area contributed by atoms with Gasteiger partial charge in [0.15, 0.2) is 5.82 Å². The smallest absolute Gasteiger partial charge is 0.256 e. The van der Waals surface area contributed by atoms with Crippen LogP contribution in [0.15, 0.2) is 42.6 Å². The Kier molecular flexibility index (Phi) is 5.02. The quantitative estimate of drug-likeness (QED) is 0.443. The number of pyridine rings is 1. The lowest BCUT2D eigenvalue weighted by Crippen LogP contribution is -2.16. The summed E-state index contributed by atoms with van der Waals surface area (Å²) in [5.74, 6) is 0.433. The van der Waals surface area contributed by atoms with Gasteiger partial charge in [0.1, 0.15) is 17.1 Å². The number of phenolic OH excluding ortho intramolecular Hbond substituents is 1. The van der Waals surface area contributed by atoms with Gasteiger partial charge in [-0.3, -0.25) is 14.9 Å². The first kappa shape index (κ1) is 17.3. The molecule has 0 atom stereocenters. The van der Waals surface area contributed by atoms with E-state index in [9.17, 15) is 9.90 Å². The Morgan fingerprint density at radius 2 is 1.81 bits per heavy atom. The van der Waals surface area contributed by atoms with Gasteiger partial charge in [-0.15, -0.1) is 0 Å². The van der Waals surface area contributed by atoms with Crippen molar-refractivity contribution in [3.8, 4) is 5.75 Å². The first-order valence-corrected chi connectivity index (χ1v) is 8.08. The van der Waals surface area contributed by atoms with Crippen LogP contribution in [0.1, 0.15) is 27.2 Å². The van der Waals surface area contributed by atoms with E-state index >= 15 is 0 Å². The van der Waals surface area contributed by atoms with Crippen molar-refractivity contribution in [1.82, 2.24) is 15.2 Å². The highest BCUT2D eigenvalue weighted by molar-refractivity contribution is 6.02. The van der Waals surface area contributed by atoms with E-state index in [1.54, 1.807) is 30.5 Å². The van der Waals surface area contributed by atoms with Gasteiger partial charge >= 0.3 is 0 Å². The zero-order valence-corrected chi connectivity index (χ0v) is 14.3. The van der Waals surface area contributed by atoms with Crippen LogP contribution in [0.3, 0.4) is 0 Å². The van der Waals surface area contributed by atoms with E-state index < -0.39 is 5.91 Å². The Morgan fingerprint density at radius 1 is 1.12 bits per heavy atom. The number of H-pyrrole nitrogens is 1. The number of primary amides is 1. The molecule has 0 aliphatic rings. The maximum Gasteiger partial charge on any atom is 0.256 e. The van der Waals surface area contributed by atoms with Gasteiger partial charge in [0.2, 0.25) is 0 Å². The number of phenols is 1. The van der Waals surface area contributed by atoms with E-state index in [0.29, 0.717) is 24.7 Å². The second-order valence-electron chi connectivity index (χ2n) is 5.87. The van der Waals surface area contributed by atoms with E-state index in [0.717, 1.165) is 16.8 Å². The van der Waals surface area contributed by atoms with Gasteiger partial charge in [0.05, 0.1) is 0 Å². The molecule has 1 aromatic carbocycles. The number of nitrogens with zero attached hydrogens (tertiary/aromatic N) is 2. The number of carbonyl (C=O) groups is 1. The fourth-order valence-corrected chi connectivity index (χ4v) is 2.43. The van der Waals surface area contributed by atoms with E-state index in [2.05, 4.69) is 25.8 Å². The maximum absolute atomic E-state index is 11.9. The summed E-state index contributed by atoms with van der Waals surface area (Å²) in [7, 11) is 0. The van der Waals surface area contributed by atoms with Gasteiger partial charge in [-0.25, -0.2) is 0 Å². The van der Waals surface area contributed by atoms with Gasteiger partial charge in [-0.1, -0.05) is 18.2 Å². The first-order chi connectivity index (χ1) is 12.5. The van der Waals surface area contributed by atoms with Gasteiger partial charge in [-0.05, 0) is 36.2 Å². The molecule has 26 heavy (non-hydrogen) atoms. The minimum Gasteiger partial charge on any atom is -0.508 e. The number of amides is 1. The summed E-state index contributed by atoms with van der Waals surface area (Å²) < 4.78 is 0. The summed E-state index contributed by atoms with van der Waals surface area (Å²) in [5.41, 5.74) is 8.62. The lowest BCUT2D eigenvalue weighted by Gasteiger charge is -2.08. The third-order valence-electron chi connectivity index (χ3n) is 3.85. The van der Waals surface area contributed by atoms with E-state index in [1.165, 1.54) is 0 Å². The van der Waals surface area contributed by atoms with Gasteiger partial charge in [0.25, 0.3) is 5.91 Å². The Bertz CT molecular complexity index is 820. The van der Waals surface area contributed by atoms with Crippen molar-refractivity contribution in [3.05, 3.63) is 65.0 Å². The number of aromatic nitrogens is 3. The molecule has 2 aromatic heterocycles. The average Bonchev–Trinajstić information content (AvgIpc) is 3.04. The minimum atomic E-state index is -0.587. The highest BCUT2D eigenvalue weighted by Gasteiger charge is 2.18. The van der Waals surface area contributed by atoms with Crippen molar-refractivity contribution >= 4 is 17.5 Å². The van der Waals surface area contributed by atoms with Crippen molar-refractivity contribution < 1.29 is 9.90 Å². The lowest BCUT2D eigenvalue weighted by atomic mass is 10.2. The van der Waals surface area contributed by atoms with Crippen LogP contribution in [0.5, 0.6) is 5.75 Å². The highest BCUT2D eigenvalue weighted by atomic mass is 16.3. The normalized spacial score (nSPS) is 10.5. The number of hydrogen-bond donors (Lipinski definition) is 5. The van der Waals surface area contributed by atoms with Crippen molar-refractivity contribution in [2.45, 2.75) is 20.0 Å². The van der Waals surface area contributed by atoms with E-state index in [-0.39, 0.29) is 11.3 Å². The van der Waals surface area contributed by atoms with Gasteiger partial charge in [-0.2, -0.15) is 5.10 Å². The molecule has 0 saturated heterocycles. The van der Waals surface area contributed by atoms with Crippen molar-refractivity contribution in [2.75, 3.05) is 10.6 Å². The molecule has 2 heterocycles. The number of carbonyl (C=O) groups excluding carboxylic acids is 1. The van der Waals surface area contributed by atoms with Crippen molar-refractivity contribution in [2.24, 2.45) is 5.73 Å². The molecule has 0 aliphatic carbocycles. The number of aryl methyl sites for hydroxylation is 1. The molecule has 0 fully saturated rings. The van der Waals surface area contributed by atoms with Crippen LogP contribution in [0, 0.1) is 6.92 Å². The third kappa shape index (κ3) is 4.10. The summed E-state index contributed by atoms with van der Waals surface area (Å²) >= 11 is 0. The fourth-order valence-electron chi connectivity index (χ4n) is 2.43. The van der Waals surface area contributed by atoms with Crippen LogP contribution in [0.4, 0.5) is 11.6 Å². The second-order valence-corrected chi connectivity index (χ2v) is 5.87. The fraction of sp³-hybridized carbons (Fsp3) is 0.167. The largest absolute Gasteiger partial charge is 0.508 e. The number of nitrogens with one attached hydrogen (secondary N) is 3. The number of nitrogens with two attached hydrogens (primary N) is 1. The molecule has 134 valence electrons. The molecule has 0 spiro atoms. The molecule has 0 aliphatic heterocycles. The van der Waals surface area contributed by atoms with Crippen LogP contribution in [-0.4, -0.2) is 26.2 Å². The van der Waals surface area contributed by atoms with Gasteiger partial charge in [0, 0.05) is 25.0 Å². The molecule has 6 N–H and O–H groups in total.